The van der Waals surface area contributed by atoms with E-state index in [2.05, 4.69) is 39.1 Å². The molecule has 0 radical (unpaired) electrons. The van der Waals surface area contributed by atoms with E-state index in [0.717, 1.165) is 25.2 Å². The van der Waals surface area contributed by atoms with Crippen molar-refractivity contribution in [2.45, 2.75) is 18.2 Å². The summed E-state index contributed by atoms with van der Waals surface area (Å²) < 4.78 is 8.33. The van der Waals surface area contributed by atoms with Crippen LogP contribution in [0.5, 0.6) is 0 Å². The molecule has 6 rings (SSSR count). The SMILES string of the molecule is Cn1cnc(C(=O)N2C[C@@H]3[C@H](CO)[C@H]4CN(Cc5cccc6[nH]ccc56)C[C@]3(C2)O4)c1. The van der Waals surface area contributed by atoms with Crippen molar-refractivity contribution < 1.29 is 14.6 Å². The van der Waals surface area contributed by atoms with Gasteiger partial charge in [-0.1, -0.05) is 12.1 Å². The Balaban J connectivity index is 1.26. The molecule has 2 aromatic heterocycles. The number of H-pyrrole nitrogens is 1. The van der Waals surface area contributed by atoms with Crippen LogP contribution in [0.25, 0.3) is 10.9 Å². The molecule has 4 atom stereocenters. The van der Waals surface area contributed by atoms with Crippen LogP contribution in [0.2, 0.25) is 0 Å². The number of amides is 1. The summed E-state index contributed by atoms with van der Waals surface area (Å²) in [6.45, 7) is 3.64. The van der Waals surface area contributed by atoms with Crippen LogP contribution in [-0.2, 0) is 18.3 Å². The zero-order valence-corrected chi connectivity index (χ0v) is 17.6. The Morgan fingerprint density at radius 3 is 3.03 bits per heavy atom. The molecule has 3 saturated heterocycles. The summed E-state index contributed by atoms with van der Waals surface area (Å²) in [5.41, 5.74) is 2.47. The quantitative estimate of drug-likeness (QED) is 0.662. The number of fused-ring (bicyclic) bond motifs is 2. The average molecular weight is 422 g/mol. The predicted octanol–water partition coefficient (Wildman–Crippen LogP) is 1.24. The van der Waals surface area contributed by atoms with Gasteiger partial charge in [-0.3, -0.25) is 9.69 Å². The van der Waals surface area contributed by atoms with Crippen molar-refractivity contribution in [3.05, 3.63) is 54.2 Å². The molecular formula is C23H27N5O3. The number of hydrogen-bond donors (Lipinski definition) is 2. The monoisotopic (exact) mass is 421 g/mol. The van der Waals surface area contributed by atoms with Crippen molar-refractivity contribution in [2.24, 2.45) is 18.9 Å². The van der Waals surface area contributed by atoms with Crippen molar-refractivity contribution >= 4 is 16.8 Å². The van der Waals surface area contributed by atoms with Crippen molar-refractivity contribution in [1.29, 1.82) is 0 Å². The highest BCUT2D eigenvalue weighted by Gasteiger charge is 2.62. The Hall–Kier alpha value is -2.68. The Bertz CT molecular complexity index is 1140. The number of rotatable bonds is 4. The number of aromatic nitrogens is 3. The molecule has 0 unspecified atom stereocenters. The number of morpholine rings is 1. The number of carbonyl (C=O) groups is 1. The lowest BCUT2D eigenvalue weighted by molar-refractivity contribution is -0.118. The molecule has 1 aromatic carbocycles. The Labute approximate surface area is 180 Å². The molecule has 0 saturated carbocycles. The number of aryl methyl sites for hydroxylation is 1. The summed E-state index contributed by atoms with van der Waals surface area (Å²) >= 11 is 0. The number of nitrogens with one attached hydrogen (secondary N) is 1. The normalized spacial score (nSPS) is 30.3. The highest BCUT2D eigenvalue weighted by atomic mass is 16.5. The second kappa shape index (κ2) is 6.91. The number of carbonyl (C=O) groups excluding carboxylic acids is 1. The number of ether oxygens (including phenoxy) is 1. The molecule has 3 aliphatic rings. The highest BCUT2D eigenvalue weighted by Crippen LogP contribution is 2.49. The third-order valence-electron chi connectivity index (χ3n) is 7.36. The zero-order valence-electron chi connectivity index (χ0n) is 17.6. The number of hydrogen-bond acceptors (Lipinski definition) is 5. The third kappa shape index (κ3) is 2.93. The topological polar surface area (TPSA) is 86.6 Å². The largest absolute Gasteiger partial charge is 0.396 e. The first kappa shape index (κ1) is 19.0. The van der Waals surface area contributed by atoms with Crippen LogP contribution in [0.3, 0.4) is 0 Å². The van der Waals surface area contributed by atoms with Gasteiger partial charge in [0.2, 0.25) is 0 Å². The van der Waals surface area contributed by atoms with E-state index in [1.807, 2.05) is 18.1 Å². The molecule has 3 aliphatic heterocycles. The number of likely N-dealkylation sites (tertiary alicyclic amines) is 2. The van der Waals surface area contributed by atoms with Crippen LogP contribution in [0.15, 0.2) is 43.0 Å². The lowest BCUT2D eigenvalue weighted by atomic mass is 9.83. The van der Waals surface area contributed by atoms with E-state index < -0.39 is 5.60 Å². The van der Waals surface area contributed by atoms with E-state index in [9.17, 15) is 9.90 Å². The summed E-state index contributed by atoms with van der Waals surface area (Å²) in [6, 6.07) is 8.48. The second-order valence-corrected chi connectivity index (χ2v) is 9.31. The van der Waals surface area contributed by atoms with Crippen molar-refractivity contribution in [3.63, 3.8) is 0 Å². The van der Waals surface area contributed by atoms with Crippen molar-refractivity contribution in [3.8, 4) is 0 Å². The van der Waals surface area contributed by atoms with Gasteiger partial charge in [0.1, 0.15) is 11.3 Å². The average Bonchev–Trinajstić information content (AvgIpc) is 3.50. The van der Waals surface area contributed by atoms with Gasteiger partial charge in [0.25, 0.3) is 5.91 Å². The lowest BCUT2D eigenvalue weighted by Gasteiger charge is -2.40. The fraction of sp³-hybridized carbons (Fsp3) is 0.478. The number of imidazole rings is 1. The van der Waals surface area contributed by atoms with Gasteiger partial charge in [0, 0.05) is 75.0 Å². The highest BCUT2D eigenvalue weighted by molar-refractivity contribution is 5.92. The van der Waals surface area contributed by atoms with Crippen LogP contribution >= 0.6 is 0 Å². The molecule has 2 N–H and O–H groups in total. The molecule has 8 heteroatoms. The maximum atomic E-state index is 13.0. The number of nitrogens with zero attached hydrogens (tertiary/aromatic N) is 4. The van der Waals surface area contributed by atoms with E-state index in [-0.39, 0.29) is 30.5 Å². The van der Waals surface area contributed by atoms with E-state index in [1.165, 1.54) is 10.9 Å². The van der Waals surface area contributed by atoms with Gasteiger partial charge < -0.3 is 24.3 Å². The lowest BCUT2D eigenvalue weighted by Crippen LogP contribution is -2.54. The Morgan fingerprint density at radius 2 is 2.23 bits per heavy atom. The minimum atomic E-state index is -0.424. The maximum Gasteiger partial charge on any atom is 0.274 e. The first-order valence-electron chi connectivity index (χ1n) is 10.9. The smallest absolute Gasteiger partial charge is 0.274 e. The first-order chi connectivity index (χ1) is 15.1. The van der Waals surface area contributed by atoms with E-state index >= 15 is 0 Å². The molecule has 162 valence electrons. The van der Waals surface area contributed by atoms with Gasteiger partial charge in [-0.25, -0.2) is 4.98 Å². The fourth-order valence-electron chi connectivity index (χ4n) is 6.02. The fourth-order valence-corrected chi connectivity index (χ4v) is 6.02. The molecule has 1 amide bonds. The molecule has 0 aliphatic carbocycles. The third-order valence-corrected chi connectivity index (χ3v) is 7.36. The number of benzene rings is 1. The number of aliphatic hydroxyl groups excluding tert-OH is 1. The minimum absolute atomic E-state index is 0.00119. The van der Waals surface area contributed by atoms with E-state index in [1.54, 1.807) is 17.1 Å². The standard InChI is InChI=1S/C23H27N5O3/c1-26-9-20(25-14-26)22(30)28-8-18-17(11-29)21-10-27(12-23(18,13-28)31-21)7-15-3-2-4-19-16(15)5-6-24-19/h2-6,9,14,17-18,21,24,29H,7-8,10-13H2,1H3/t17-,18+,21+,23+/m0/s1. The van der Waals surface area contributed by atoms with Crippen molar-refractivity contribution in [2.75, 3.05) is 32.8 Å². The van der Waals surface area contributed by atoms with E-state index in [4.69, 9.17) is 4.74 Å². The van der Waals surface area contributed by atoms with Crippen molar-refractivity contribution in [1.82, 2.24) is 24.3 Å². The number of aliphatic hydroxyl groups is 1. The summed E-state index contributed by atoms with van der Waals surface area (Å²) in [5, 5.41) is 11.4. The molecule has 3 aromatic rings. The van der Waals surface area contributed by atoms with Crippen LogP contribution in [0.4, 0.5) is 0 Å². The molecule has 1 spiro atoms. The summed E-state index contributed by atoms with van der Waals surface area (Å²) in [7, 11) is 1.86. The van der Waals surface area contributed by atoms with Gasteiger partial charge in [-0.05, 0) is 17.7 Å². The predicted molar refractivity (Wildman–Crippen MR) is 114 cm³/mol. The molecule has 2 bridgehead atoms. The first-order valence-corrected chi connectivity index (χ1v) is 10.9. The van der Waals surface area contributed by atoms with Gasteiger partial charge in [0.05, 0.1) is 19.0 Å². The van der Waals surface area contributed by atoms with Gasteiger partial charge >= 0.3 is 0 Å². The Kier molecular flexibility index (Phi) is 4.25. The van der Waals surface area contributed by atoms with Crippen LogP contribution < -0.4 is 0 Å². The Morgan fingerprint density at radius 1 is 1.32 bits per heavy atom. The van der Waals surface area contributed by atoms with E-state index in [0.29, 0.717) is 18.8 Å². The van der Waals surface area contributed by atoms with Crippen LogP contribution in [0, 0.1) is 11.8 Å². The zero-order chi connectivity index (χ0) is 21.2. The number of aromatic amines is 1. The molecule has 5 heterocycles. The van der Waals surface area contributed by atoms with Crippen LogP contribution in [-0.4, -0.2) is 79.8 Å². The molecule has 3 fully saturated rings. The summed E-state index contributed by atoms with van der Waals surface area (Å²) in [6.07, 6.45) is 5.38. The van der Waals surface area contributed by atoms with Gasteiger partial charge in [-0.2, -0.15) is 0 Å². The minimum Gasteiger partial charge on any atom is -0.396 e. The summed E-state index contributed by atoms with van der Waals surface area (Å²) in [5.74, 6) is 0.133. The van der Waals surface area contributed by atoms with Gasteiger partial charge in [-0.15, -0.1) is 0 Å². The van der Waals surface area contributed by atoms with Gasteiger partial charge in [0.15, 0.2) is 0 Å². The maximum absolute atomic E-state index is 13.0. The summed E-state index contributed by atoms with van der Waals surface area (Å²) in [4.78, 5) is 24.9. The molecule has 31 heavy (non-hydrogen) atoms. The second-order valence-electron chi connectivity index (χ2n) is 9.31. The van der Waals surface area contributed by atoms with Crippen LogP contribution in [0.1, 0.15) is 16.1 Å². The molecular weight excluding hydrogens is 394 g/mol. The molecule has 8 nitrogen and oxygen atoms in total.